The van der Waals surface area contributed by atoms with Crippen LogP contribution in [0, 0.1) is 13.8 Å². The van der Waals surface area contributed by atoms with Crippen LogP contribution in [0.25, 0.3) is 0 Å². The first-order valence-corrected chi connectivity index (χ1v) is 11.8. The molecule has 3 rings (SSSR count). The van der Waals surface area contributed by atoms with Crippen LogP contribution >= 0.6 is 0 Å². The zero-order valence-electron chi connectivity index (χ0n) is 19.1. The lowest BCUT2D eigenvalue weighted by molar-refractivity contribution is 0.0785. The van der Waals surface area contributed by atoms with Crippen LogP contribution in [0.2, 0.25) is 0 Å². The summed E-state index contributed by atoms with van der Waals surface area (Å²) in [7, 11) is 2.01. The minimum absolute atomic E-state index is 0.134. The van der Waals surface area contributed by atoms with Crippen LogP contribution in [0.1, 0.15) is 27.0 Å². The van der Waals surface area contributed by atoms with Gasteiger partial charge in [0.05, 0.1) is 4.90 Å². The van der Waals surface area contributed by atoms with Crippen LogP contribution in [0.15, 0.2) is 71.6 Å². The highest BCUT2D eigenvalue weighted by atomic mass is 32.2. The largest absolute Gasteiger partial charge is 0.378 e. The quantitative estimate of drug-likeness (QED) is 0.577. The molecule has 0 fully saturated rings. The van der Waals surface area contributed by atoms with Crippen LogP contribution < -0.4 is 9.62 Å². The second-order valence-corrected chi connectivity index (χ2v) is 9.83. The molecule has 0 aliphatic carbocycles. The van der Waals surface area contributed by atoms with E-state index >= 15 is 0 Å². The third-order valence-electron chi connectivity index (χ3n) is 5.39. The van der Waals surface area contributed by atoms with E-state index in [2.05, 4.69) is 4.72 Å². The zero-order chi connectivity index (χ0) is 23.5. The van der Waals surface area contributed by atoms with Gasteiger partial charge in [-0.25, -0.2) is 8.42 Å². The van der Waals surface area contributed by atoms with Crippen molar-refractivity contribution in [3.8, 4) is 0 Å². The van der Waals surface area contributed by atoms with Crippen molar-refractivity contribution in [1.29, 1.82) is 0 Å². The molecule has 0 spiro atoms. The average molecular weight is 452 g/mol. The third kappa shape index (κ3) is 5.48. The fourth-order valence-electron chi connectivity index (χ4n) is 3.24. The number of rotatable bonds is 7. The lowest BCUT2D eigenvalue weighted by Crippen LogP contribution is -2.26. The van der Waals surface area contributed by atoms with Gasteiger partial charge in [0.15, 0.2) is 0 Å². The molecule has 0 saturated heterocycles. The van der Waals surface area contributed by atoms with Gasteiger partial charge in [0.2, 0.25) is 0 Å². The van der Waals surface area contributed by atoms with Crippen LogP contribution in [-0.4, -0.2) is 40.4 Å². The Labute approximate surface area is 190 Å². The summed E-state index contributed by atoms with van der Waals surface area (Å²) in [5.74, 6) is -0.134. The van der Waals surface area contributed by atoms with E-state index in [4.69, 9.17) is 0 Å². The van der Waals surface area contributed by atoms with E-state index in [9.17, 15) is 13.2 Å². The summed E-state index contributed by atoms with van der Waals surface area (Å²) in [5.41, 5.74) is 4.97. The second kappa shape index (κ2) is 9.44. The maximum absolute atomic E-state index is 12.8. The van der Waals surface area contributed by atoms with Crippen LogP contribution in [-0.2, 0) is 16.6 Å². The Morgan fingerprint density at radius 3 is 2.03 bits per heavy atom. The molecule has 1 amide bonds. The fourth-order valence-corrected chi connectivity index (χ4v) is 4.38. The van der Waals surface area contributed by atoms with Crippen molar-refractivity contribution in [2.24, 2.45) is 0 Å². The Hall–Kier alpha value is -3.32. The number of amides is 1. The minimum Gasteiger partial charge on any atom is -0.378 e. The van der Waals surface area contributed by atoms with Crippen LogP contribution in [0.4, 0.5) is 11.4 Å². The maximum atomic E-state index is 12.8. The number of hydrogen-bond acceptors (Lipinski definition) is 4. The summed E-state index contributed by atoms with van der Waals surface area (Å²) in [6.45, 7) is 4.29. The number of nitrogens with zero attached hydrogens (tertiary/aromatic N) is 2. The number of carbonyl (C=O) groups is 1. The van der Waals surface area contributed by atoms with E-state index in [1.807, 2.05) is 57.1 Å². The molecule has 0 bridgehead atoms. The smallest absolute Gasteiger partial charge is 0.261 e. The highest BCUT2D eigenvalue weighted by Crippen LogP contribution is 2.20. The Morgan fingerprint density at radius 1 is 0.844 bits per heavy atom. The number of benzene rings is 3. The summed E-state index contributed by atoms with van der Waals surface area (Å²) in [6, 6.07) is 19.5. The van der Waals surface area contributed by atoms with E-state index < -0.39 is 10.0 Å². The number of anilines is 2. The molecule has 0 aromatic heterocycles. The van der Waals surface area contributed by atoms with Crippen molar-refractivity contribution in [3.63, 3.8) is 0 Å². The third-order valence-corrected chi connectivity index (χ3v) is 6.77. The monoisotopic (exact) mass is 451 g/mol. The summed E-state index contributed by atoms with van der Waals surface area (Å²) in [5, 5.41) is 0. The predicted molar refractivity (Wildman–Crippen MR) is 130 cm³/mol. The van der Waals surface area contributed by atoms with Crippen LogP contribution in [0.3, 0.4) is 0 Å². The van der Waals surface area contributed by atoms with Gasteiger partial charge in [-0.15, -0.1) is 0 Å². The average Bonchev–Trinajstić information content (AvgIpc) is 2.75. The van der Waals surface area contributed by atoms with Gasteiger partial charge < -0.3 is 9.80 Å². The molecule has 0 atom stereocenters. The van der Waals surface area contributed by atoms with Gasteiger partial charge in [0, 0.05) is 44.6 Å². The van der Waals surface area contributed by atoms with E-state index in [0.29, 0.717) is 17.8 Å². The predicted octanol–water partition coefficient (Wildman–Crippen LogP) is 4.44. The van der Waals surface area contributed by atoms with Gasteiger partial charge in [-0.2, -0.15) is 0 Å². The van der Waals surface area contributed by atoms with Gasteiger partial charge in [-0.3, -0.25) is 9.52 Å². The number of hydrogen-bond donors (Lipinski definition) is 1. The normalized spacial score (nSPS) is 11.2. The van der Waals surface area contributed by atoms with E-state index in [1.165, 1.54) is 0 Å². The first-order chi connectivity index (χ1) is 15.1. The zero-order valence-corrected chi connectivity index (χ0v) is 19.9. The molecule has 0 aliphatic rings. The molecule has 3 aromatic carbocycles. The van der Waals surface area contributed by atoms with Gasteiger partial charge in [-0.05, 0) is 79.1 Å². The van der Waals surface area contributed by atoms with Crippen molar-refractivity contribution >= 4 is 27.3 Å². The molecular formula is C25H29N3O3S. The Bertz CT molecular complexity index is 1200. The fraction of sp³-hybridized carbons (Fsp3) is 0.240. The summed E-state index contributed by atoms with van der Waals surface area (Å²) in [4.78, 5) is 16.7. The molecule has 32 heavy (non-hydrogen) atoms. The molecule has 0 saturated carbocycles. The van der Waals surface area contributed by atoms with Gasteiger partial charge in [0.1, 0.15) is 0 Å². The van der Waals surface area contributed by atoms with Crippen molar-refractivity contribution in [3.05, 3.63) is 89.0 Å². The van der Waals surface area contributed by atoms with E-state index in [-0.39, 0.29) is 10.8 Å². The lowest BCUT2D eigenvalue weighted by Gasteiger charge is -2.19. The first kappa shape index (κ1) is 23.3. The molecule has 7 heteroatoms. The number of aryl methyl sites for hydroxylation is 2. The molecule has 0 radical (unpaired) electrons. The number of carbonyl (C=O) groups excluding carboxylic acids is 1. The highest BCUT2D eigenvalue weighted by molar-refractivity contribution is 7.92. The molecule has 1 N–H and O–H groups in total. The summed E-state index contributed by atoms with van der Waals surface area (Å²) >= 11 is 0. The Kier molecular flexibility index (Phi) is 6.89. The molecule has 3 aromatic rings. The first-order valence-electron chi connectivity index (χ1n) is 10.3. The van der Waals surface area contributed by atoms with E-state index in [1.54, 1.807) is 54.4 Å². The molecule has 6 nitrogen and oxygen atoms in total. The van der Waals surface area contributed by atoms with Crippen molar-refractivity contribution in [2.75, 3.05) is 30.8 Å². The topological polar surface area (TPSA) is 69.7 Å². The van der Waals surface area contributed by atoms with Crippen molar-refractivity contribution in [2.45, 2.75) is 25.3 Å². The van der Waals surface area contributed by atoms with Crippen molar-refractivity contribution < 1.29 is 13.2 Å². The minimum atomic E-state index is -3.70. The van der Waals surface area contributed by atoms with Crippen molar-refractivity contribution in [1.82, 2.24) is 4.90 Å². The molecule has 0 unspecified atom stereocenters. The number of sulfonamides is 1. The van der Waals surface area contributed by atoms with Gasteiger partial charge >= 0.3 is 0 Å². The van der Waals surface area contributed by atoms with E-state index in [0.717, 1.165) is 22.4 Å². The Morgan fingerprint density at radius 2 is 1.47 bits per heavy atom. The van der Waals surface area contributed by atoms with Gasteiger partial charge in [0.25, 0.3) is 15.9 Å². The van der Waals surface area contributed by atoms with Gasteiger partial charge in [-0.1, -0.05) is 18.2 Å². The highest BCUT2D eigenvalue weighted by Gasteiger charge is 2.16. The molecular weight excluding hydrogens is 422 g/mol. The Balaban J connectivity index is 1.67. The van der Waals surface area contributed by atoms with Crippen LogP contribution in [0.5, 0.6) is 0 Å². The second-order valence-electron chi connectivity index (χ2n) is 8.15. The maximum Gasteiger partial charge on any atom is 0.261 e. The molecule has 0 aliphatic heterocycles. The molecule has 168 valence electrons. The SMILES string of the molecule is Cc1ccc(S(=O)(=O)Nc2ccc(C(=O)N(C)Cc3ccc(N(C)C)cc3)cc2)cc1C. The standard InChI is InChI=1S/C25H29N3O3S/c1-18-6-15-24(16-19(18)2)32(30,31)26-22-11-9-21(10-12-22)25(29)28(5)17-20-7-13-23(14-8-20)27(3)4/h6-16,26H,17H2,1-5H3. The number of nitrogens with one attached hydrogen (secondary N) is 1. The summed E-state index contributed by atoms with van der Waals surface area (Å²) in [6.07, 6.45) is 0. The lowest BCUT2D eigenvalue weighted by atomic mass is 10.1. The summed E-state index contributed by atoms with van der Waals surface area (Å²) < 4.78 is 27.9. The molecule has 0 heterocycles.